The molecule has 2 nitrogen and oxygen atoms in total. The molecular weight excluding hydrogens is 227 g/mol. The minimum absolute atomic E-state index is 0.00720. The Hall–Kier alpha value is -1.30. The van der Waals surface area contributed by atoms with Gasteiger partial charge in [-0.1, -0.05) is 24.4 Å². The van der Waals surface area contributed by atoms with Crippen LogP contribution in [0.4, 0.5) is 13.2 Å². The molecule has 0 saturated carbocycles. The van der Waals surface area contributed by atoms with Crippen LogP contribution in [-0.2, 0) is 0 Å². The van der Waals surface area contributed by atoms with E-state index in [4.69, 9.17) is 5.73 Å². The Balaban J connectivity index is 2.81. The summed E-state index contributed by atoms with van der Waals surface area (Å²) in [6.07, 6.45) is -4.37. The maximum absolute atomic E-state index is 11.9. The highest BCUT2D eigenvalue weighted by molar-refractivity contribution is 7.80. The first kappa shape index (κ1) is 11.8. The number of para-hydroxylation sites is 1. The summed E-state index contributed by atoms with van der Waals surface area (Å²) in [4.78, 5) is 0.00720. The third-order valence-electron chi connectivity index (χ3n) is 1.54. The molecule has 1 aromatic rings. The molecule has 15 heavy (non-hydrogen) atoms. The van der Waals surface area contributed by atoms with Crippen molar-refractivity contribution in [2.75, 3.05) is 6.61 Å². The maximum atomic E-state index is 11.9. The fraction of sp³-hybridized carbons (Fsp3) is 0.222. The lowest BCUT2D eigenvalue weighted by atomic mass is 10.2. The van der Waals surface area contributed by atoms with Gasteiger partial charge in [0.25, 0.3) is 0 Å². The molecule has 0 unspecified atom stereocenters. The van der Waals surface area contributed by atoms with Crippen molar-refractivity contribution in [2.24, 2.45) is 5.73 Å². The smallest absolute Gasteiger partial charge is 0.422 e. The predicted molar refractivity (Wildman–Crippen MR) is 53.9 cm³/mol. The lowest BCUT2D eigenvalue weighted by molar-refractivity contribution is -0.153. The number of halogens is 3. The van der Waals surface area contributed by atoms with Crippen molar-refractivity contribution in [3.63, 3.8) is 0 Å². The Bertz CT molecular complexity index is 365. The minimum Gasteiger partial charge on any atom is -0.483 e. The number of alkyl halides is 3. The summed E-state index contributed by atoms with van der Waals surface area (Å²) in [5, 5.41) is 0. The SMILES string of the molecule is NC(=S)c1ccccc1OCC(F)(F)F. The van der Waals surface area contributed by atoms with E-state index in [-0.39, 0.29) is 10.7 Å². The molecular formula is C9H8F3NOS. The van der Waals surface area contributed by atoms with Crippen LogP contribution in [0.1, 0.15) is 5.56 Å². The number of benzene rings is 1. The standard InChI is InChI=1S/C9H8F3NOS/c10-9(11,12)5-14-7-4-2-1-3-6(7)8(13)15/h1-4H,5H2,(H2,13,15). The van der Waals surface area contributed by atoms with Gasteiger partial charge in [0.05, 0.1) is 5.56 Å². The Morgan fingerprint density at radius 2 is 1.93 bits per heavy atom. The van der Waals surface area contributed by atoms with E-state index in [1.807, 2.05) is 0 Å². The van der Waals surface area contributed by atoms with Crippen molar-refractivity contribution >= 4 is 17.2 Å². The first-order chi connectivity index (χ1) is 6.90. The number of nitrogens with two attached hydrogens (primary N) is 1. The van der Waals surface area contributed by atoms with Gasteiger partial charge in [0.15, 0.2) is 6.61 Å². The van der Waals surface area contributed by atoms with Crippen molar-refractivity contribution < 1.29 is 17.9 Å². The molecule has 0 bridgehead atoms. The Morgan fingerprint density at radius 3 is 2.47 bits per heavy atom. The molecule has 0 radical (unpaired) electrons. The van der Waals surface area contributed by atoms with Crippen LogP contribution >= 0.6 is 12.2 Å². The summed E-state index contributed by atoms with van der Waals surface area (Å²) in [6, 6.07) is 6.07. The molecule has 0 spiro atoms. The molecule has 0 aliphatic carbocycles. The van der Waals surface area contributed by atoms with Crippen molar-refractivity contribution in [2.45, 2.75) is 6.18 Å². The molecule has 0 atom stereocenters. The van der Waals surface area contributed by atoms with Gasteiger partial charge in [-0.25, -0.2) is 0 Å². The molecule has 0 saturated heterocycles. The van der Waals surface area contributed by atoms with E-state index in [0.717, 1.165) is 0 Å². The van der Waals surface area contributed by atoms with Crippen molar-refractivity contribution in [1.82, 2.24) is 0 Å². The molecule has 0 amide bonds. The molecule has 82 valence electrons. The van der Waals surface area contributed by atoms with E-state index in [1.54, 1.807) is 12.1 Å². The fourth-order valence-electron chi connectivity index (χ4n) is 0.956. The van der Waals surface area contributed by atoms with E-state index in [2.05, 4.69) is 17.0 Å². The van der Waals surface area contributed by atoms with Gasteiger partial charge in [-0.05, 0) is 12.1 Å². The highest BCUT2D eigenvalue weighted by Crippen LogP contribution is 2.21. The maximum Gasteiger partial charge on any atom is 0.422 e. The van der Waals surface area contributed by atoms with Crippen LogP contribution in [0.25, 0.3) is 0 Å². The molecule has 0 aliphatic heterocycles. The third kappa shape index (κ3) is 3.75. The fourth-order valence-corrected chi connectivity index (χ4v) is 1.12. The van der Waals surface area contributed by atoms with Crippen LogP contribution in [0.2, 0.25) is 0 Å². The third-order valence-corrected chi connectivity index (χ3v) is 1.76. The predicted octanol–water partition coefficient (Wildman–Crippen LogP) is 2.26. The first-order valence-corrected chi connectivity index (χ1v) is 4.39. The lowest BCUT2D eigenvalue weighted by Gasteiger charge is -2.11. The Labute approximate surface area is 89.8 Å². The van der Waals surface area contributed by atoms with Crippen LogP contribution in [0.5, 0.6) is 5.75 Å². The van der Waals surface area contributed by atoms with Crippen LogP contribution in [0.3, 0.4) is 0 Å². The second kappa shape index (κ2) is 4.48. The van der Waals surface area contributed by atoms with Crippen LogP contribution in [-0.4, -0.2) is 17.8 Å². The summed E-state index contributed by atoms with van der Waals surface area (Å²) in [5.41, 5.74) is 5.63. The average Bonchev–Trinajstić information content (AvgIpc) is 2.14. The zero-order valence-corrected chi connectivity index (χ0v) is 8.36. The number of thiocarbonyl (C=S) groups is 1. The van der Waals surface area contributed by atoms with E-state index in [0.29, 0.717) is 5.56 Å². The summed E-state index contributed by atoms with van der Waals surface area (Å²) in [5.74, 6) is 0.0438. The first-order valence-electron chi connectivity index (χ1n) is 3.98. The summed E-state index contributed by atoms with van der Waals surface area (Å²) < 4.78 is 40.2. The molecule has 0 fully saturated rings. The molecule has 0 aromatic heterocycles. The van der Waals surface area contributed by atoms with Crippen LogP contribution in [0, 0.1) is 0 Å². The molecule has 0 aliphatic rings. The van der Waals surface area contributed by atoms with E-state index >= 15 is 0 Å². The van der Waals surface area contributed by atoms with E-state index in [9.17, 15) is 13.2 Å². The van der Waals surface area contributed by atoms with Gasteiger partial charge in [-0.3, -0.25) is 0 Å². The van der Waals surface area contributed by atoms with Crippen molar-refractivity contribution in [1.29, 1.82) is 0 Å². The summed E-state index contributed by atoms with van der Waals surface area (Å²) >= 11 is 4.67. The van der Waals surface area contributed by atoms with Gasteiger partial charge in [0.1, 0.15) is 10.7 Å². The molecule has 1 aromatic carbocycles. The summed E-state index contributed by atoms with van der Waals surface area (Å²) in [7, 11) is 0. The topological polar surface area (TPSA) is 35.2 Å². The van der Waals surface area contributed by atoms with Crippen molar-refractivity contribution in [3.05, 3.63) is 29.8 Å². The monoisotopic (exact) mass is 235 g/mol. The highest BCUT2D eigenvalue weighted by atomic mass is 32.1. The number of rotatable bonds is 3. The molecule has 2 N–H and O–H groups in total. The zero-order chi connectivity index (χ0) is 11.5. The van der Waals surface area contributed by atoms with Gasteiger partial charge in [0.2, 0.25) is 0 Å². The van der Waals surface area contributed by atoms with Crippen molar-refractivity contribution in [3.8, 4) is 5.75 Å². The van der Waals surface area contributed by atoms with E-state index in [1.165, 1.54) is 12.1 Å². The Kier molecular flexibility index (Phi) is 3.52. The number of hydrogen-bond acceptors (Lipinski definition) is 2. The highest BCUT2D eigenvalue weighted by Gasteiger charge is 2.28. The Morgan fingerprint density at radius 1 is 1.33 bits per heavy atom. The lowest BCUT2D eigenvalue weighted by Crippen LogP contribution is -2.21. The molecule has 6 heteroatoms. The number of ether oxygens (including phenoxy) is 1. The van der Waals surface area contributed by atoms with Gasteiger partial charge < -0.3 is 10.5 Å². The van der Waals surface area contributed by atoms with Gasteiger partial charge in [-0.2, -0.15) is 13.2 Å². The molecule has 1 rings (SSSR count). The van der Waals surface area contributed by atoms with Crippen LogP contribution in [0.15, 0.2) is 24.3 Å². The second-order valence-electron chi connectivity index (χ2n) is 2.76. The van der Waals surface area contributed by atoms with Crippen LogP contribution < -0.4 is 10.5 Å². The van der Waals surface area contributed by atoms with Gasteiger partial charge in [-0.15, -0.1) is 0 Å². The van der Waals surface area contributed by atoms with Gasteiger partial charge in [0, 0.05) is 0 Å². The quantitative estimate of drug-likeness (QED) is 0.816. The zero-order valence-electron chi connectivity index (χ0n) is 7.54. The molecule has 0 heterocycles. The normalized spacial score (nSPS) is 11.1. The summed E-state index contributed by atoms with van der Waals surface area (Å²) in [6.45, 7) is -1.35. The minimum atomic E-state index is -4.37. The second-order valence-corrected chi connectivity index (χ2v) is 3.20. The number of hydrogen-bond donors (Lipinski definition) is 1. The van der Waals surface area contributed by atoms with E-state index < -0.39 is 12.8 Å². The largest absolute Gasteiger partial charge is 0.483 e. The average molecular weight is 235 g/mol. The van der Waals surface area contributed by atoms with Gasteiger partial charge >= 0.3 is 6.18 Å².